The quantitative estimate of drug-likeness (QED) is 0.503. The number of likely N-dealkylation sites (N-methyl/N-ethyl adjacent to an activating group) is 1. The number of hydrogen-bond acceptors (Lipinski definition) is 4. The lowest BCUT2D eigenvalue weighted by Gasteiger charge is -2.15. The SMILES string of the molecule is Cc1cccc(CN(C)CC(=O)c2cc([N+](=O)[O-])c[nH]2)c1. The summed E-state index contributed by atoms with van der Waals surface area (Å²) in [4.78, 5) is 26.7. The van der Waals surface area contributed by atoms with Gasteiger partial charge in [0, 0.05) is 12.6 Å². The Bertz CT molecular complexity index is 664. The van der Waals surface area contributed by atoms with E-state index in [9.17, 15) is 14.9 Å². The molecule has 1 N–H and O–H groups in total. The van der Waals surface area contributed by atoms with Crippen LogP contribution in [0.5, 0.6) is 0 Å². The van der Waals surface area contributed by atoms with Crippen LogP contribution in [-0.2, 0) is 6.54 Å². The maximum atomic E-state index is 12.1. The molecule has 0 unspecified atom stereocenters. The Hall–Kier alpha value is -2.47. The van der Waals surface area contributed by atoms with E-state index in [0.29, 0.717) is 6.54 Å². The molecule has 1 heterocycles. The smallest absolute Gasteiger partial charge is 0.287 e. The van der Waals surface area contributed by atoms with Gasteiger partial charge in [0.25, 0.3) is 5.69 Å². The van der Waals surface area contributed by atoms with Gasteiger partial charge >= 0.3 is 0 Å². The number of rotatable bonds is 6. The van der Waals surface area contributed by atoms with E-state index in [-0.39, 0.29) is 23.7 Å². The molecule has 0 aliphatic carbocycles. The third-order valence-electron chi connectivity index (χ3n) is 3.13. The maximum Gasteiger partial charge on any atom is 0.287 e. The summed E-state index contributed by atoms with van der Waals surface area (Å²) in [5.41, 5.74) is 2.47. The Morgan fingerprint density at radius 1 is 1.38 bits per heavy atom. The minimum Gasteiger partial charge on any atom is -0.353 e. The molecule has 0 radical (unpaired) electrons. The van der Waals surface area contributed by atoms with E-state index in [4.69, 9.17) is 0 Å². The second-order valence-electron chi connectivity index (χ2n) is 5.11. The molecule has 6 nitrogen and oxygen atoms in total. The highest BCUT2D eigenvalue weighted by molar-refractivity contribution is 5.96. The molecular formula is C15H17N3O3. The van der Waals surface area contributed by atoms with Crippen molar-refractivity contribution in [3.05, 3.63) is 63.5 Å². The lowest BCUT2D eigenvalue weighted by atomic mass is 10.1. The molecule has 110 valence electrons. The highest BCUT2D eigenvalue weighted by Crippen LogP contribution is 2.13. The molecule has 2 rings (SSSR count). The molecule has 1 aromatic carbocycles. The number of aromatic nitrogens is 1. The molecule has 0 bridgehead atoms. The van der Waals surface area contributed by atoms with Gasteiger partial charge in [-0.25, -0.2) is 0 Å². The van der Waals surface area contributed by atoms with Gasteiger partial charge in [-0.1, -0.05) is 29.8 Å². The van der Waals surface area contributed by atoms with Gasteiger partial charge in [-0.2, -0.15) is 0 Å². The van der Waals surface area contributed by atoms with Crippen LogP contribution in [0.15, 0.2) is 36.5 Å². The number of Topliss-reactive ketones (excluding diaryl/α,β-unsaturated/α-hetero) is 1. The summed E-state index contributed by atoms with van der Waals surface area (Å²) in [5.74, 6) is -0.168. The molecule has 21 heavy (non-hydrogen) atoms. The zero-order valence-corrected chi connectivity index (χ0v) is 12.0. The highest BCUT2D eigenvalue weighted by atomic mass is 16.6. The summed E-state index contributed by atoms with van der Waals surface area (Å²) in [5, 5.41) is 10.6. The normalized spacial score (nSPS) is 10.8. The van der Waals surface area contributed by atoms with Crippen LogP contribution in [0.1, 0.15) is 21.6 Å². The van der Waals surface area contributed by atoms with Crippen molar-refractivity contribution < 1.29 is 9.72 Å². The minimum atomic E-state index is -0.524. The van der Waals surface area contributed by atoms with Crippen LogP contribution < -0.4 is 0 Å². The molecule has 6 heteroatoms. The summed E-state index contributed by atoms with van der Waals surface area (Å²) >= 11 is 0. The van der Waals surface area contributed by atoms with Gasteiger partial charge < -0.3 is 4.98 Å². The molecule has 0 atom stereocenters. The molecule has 2 aromatic rings. The van der Waals surface area contributed by atoms with Gasteiger partial charge in [0.2, 0.25) is 0 Å². The van der Waals surface area contributed by atoms with Crippen molar-refractivity contribution in [2.45, 2.75) is 13.5 Å². The van der Waals surface area contributed by atoms with Gasteiger partial charge in [0.15, 0.2) is 5.78 Å². The lowest BCUT2D eigenvalue weighted by Crippen LogP contribution is -2.25. The van der Waals surface area contributed by atoms with E-state index in [2.05, 4.69) is 11.1 Å². The fourth-order valence-electron chi connectivity index (χ4n) is 2.16. The van der Waals surface area contributed by atoms with Crippen LogP contribution in [0.25, 0.3) is 0 Å². The van der Waals surface area contributed by atoms with Gasteiger partial charge in [-0.05, 0) is 19.5 Å². The topological polar surface area (TPSA) is 79.2 Å². The van der Waals surface area contributed by atoms with E-state index in [1.165, 1.54) is 17.8 Å². The monoisotopic (exact) mass is 287 g/mol. The summed E-state index contributed by atoms with van der Waals surface area (Å²) < 4.78 is 0. The maximum absolute atomic E-state index is 12.1. The highest BCUT2D eigenvalue weighted by Gasteiger charge is 2.16. The molecule has 0 aliphatic heterocycles. The fourth-order valence-corrected chi connectivity index (χ4v) is 2.16. The Balaban J connectivity index is 1.96. The summed E-state index contributed by atoms with van der Waals surface area (Å²) in [6.07, 6.45) is 1.23. The van der Waals surface area contributed by atoms with Crippen molar-refractivity contribution in [2.75, 3.05) is 13.6 Å². The Labute approximate surface area is 122 Å². The minimum absolute atomic E-state index is 0.0975. The number of carbonyl (C=O) groups is 1. The molecule has 0 amide bonds. The van der Waals surface area contributed by atoms with Gasteiger partial charge in [0.05, 0.1) is 23.4 Å². The van der Waals surface area contributed by atoms with Crippen LogP contribution in [-0.4, -0.2) is 34.2 Å². The standard InChI is InChI=1S/C15H17N3O3/c1-11-4-3-5-12(6-11)9-17(2)10-15(19)14-7-13(8-16-14)18(20)21/h3-8,16H,9-10H2,1-2H3. The average molecular weight is 287 g/mol. The lowest BCUT2D eigenvalue weighted by molar-refractivity contribution is -0.384. The zero-order chi connectivity index (χ0) is 15.4. The number of aryl methyl sites for hydroxylation is 1. The van der Waals surface area contributed by atoms with Gasteiger partial charge in [-0.15, -0.1) is 0 Å². The summed E-state index contributed by atoms with van der Waals surface area (Å²) in [7, 11) is 1.84. The molecule has 0 saturated carbocycles. The summed E-state index contributed by atoms with van der Waals surface area (Å²) in [6.45, 7) is 2.87. The molecule has 1 aromatic heterocycles. The van der Waals surface area contributed by atoms with Crippen LogP contribution >= 0.6 is 0 Å². The number of benzene rings is 1. The van der Waals surface area contributed by atoms with E-state index >= 15 is 0 Å². The van der Waals surface area contributed by atoms with Crippen LogP contribution in [0, 0.1) is 17.0 Å². The van der Waals surface area contributed by atoms with E-state index in [1.54, 1.807) is 0 Å². The zero-order valence-electron chi connectivity index (χ0n) is 12.0. The molecule has 0 spiro atoms. The van der Waals surface area contributed by atoms with E-state index in [0.717, 1.165) is 5.56 Å². The predicted molar refractivity (Wildman–Crippen MR) is 79.3 cm³/mol. The first kappa shape index (κ1) is 14.9. The number of aromatic amines is 1. The van der Waals surface area contributed by atoms with Gasteiger partial charge in [0.1, 0.15) is 0 Å². The number of hydrogen-bond donors (Lipinski definition) is 1. The summed E-state index contributed by atoms with van der Waals surface area (Å²) in [6, 6.07) is 9.35. The largest absolute Gasteiger partial charge is 0.353 e. The predicted octanol–water partition coefficient (Wildman–Crippen LogP) is 2.55. The second-order valence-corrected chi connectivity index (χ2v) is 5.11. The number of carbonyl (C=O) groups excluding carboxylic acids is 1. The van der Waals surface area contributed by atoms with Crippen molar-refractivity contribution >= 4 is 11.5 Å². The number of nitro groups is 1. The first-order chi connectivity index (χ1) is 9.95. The Morgan fingerprint density at radius 3 is 2.76 bits per heavy atom. The third kappa shape index (κ3) is 4.00. The van der Waals surface area contributed by atoms with Gasteiger partial charge in [-0.3, -0.25) is 19.8 Å². The average Bonchev–Trinajstić information content (AvgIpc) is 2.88. The van der Waals surface area contributed by atoms with E-state index < -0.39 is 4.92 Å². The first-order valence-electron chi connectivity index (χ1n) is 6.56. The molecular weight excluding hydrogens is 270 g/mol. The van der Waals surface area contributed by atoms with Crippen molar-refractivity contribution in [3.8, 4) is 0 Å². The van der Waals surface area contributed by atoms with Crippen molar-refractivity contribution in [3.63, 3.8) is 0 Å². The van der Waals surface area contributed by atoms with Crippen molar-refractivity contribution in [2.24, 2.45) is 0 Å². The Morgan fingerprint density at radius 2 is 2.14 bits per heavy atom. The second kappa shape index (κ2) is 6.32. The fraction of sp³-hybridized carbons (Fsp3) is 0.267. The number of H-pyrrole nitrogens is 1. The number of nitrogens with one attached hydrogen (secondary N) is 1. The number of nitrogens with zero attached hydrogens (tertiary/aromatic N) is 2. The van der Waals surface area contributed by atoms with Crippen LogP contribution in [0.4, 0.5) is 5.69 Å². The van der Waals surface area contributed by atoms with Crippen LogP contribution in [0.2, 0.25) is 0 Å². The van der Waals surface area contributed by atoms with Crippen LogP contribution in [0.3, 0.4) is 0 Å². The van der Waals surface area contributed by atoms with Crippen molar-refractivity contribution in [1.82, 2.24) is 9.88 Å². The molecule has 0 aliphatic rings. The first-order valence-corrected chi connectivity index (χ1v) is 6.56. The Kier molecular flexibility index (Phi) is 4.49. The third-order valence-corrected chi connectivity index (χ3v) is 3.13. The number of ketones is 1. The van der Waals surface area contributed by atoms with E-state index in [1.807, 2.05) is 37.1 Å². The van der Waals surface area contributed by atoms with Crippen molar-refractivity contribution in [1.29, 1.82) is 0 Å². The molecule has 0 fully saturated rings. The molecule has 0 saturated heterocycles.